The molecule has 0 bridgehead atoms. The van der Waals surface area contributed by atoms with E-state index in [9.17, 15) is 23.3 Å². The van der Waals surface area contributed by atoms with Crippen LogP contribution < -0.4 is 5.32 Å². The van der Waals surface area contributed by atoms with Crippen molar-refractivity contribution >= 4 is 44.0 Å². The molecule has 142 valence electrons. The van der Waals surface area contributed by atoms with Gasteiger partial charge >= 0.3 is 0 Å². The second-order valence-electron chi connectivity index (χ2n) is 5.47. The molecule has 0 unspecified atom stereocenters. The fourth-order valence-corrected chi connectivity index (χ4v) is 4.62. The Kier molecular flexibility index (Phi) is 5.62. The molecule has 0 atom stereocenters. The van der Waals surface area contributed by atoms with Crippen LogP contribution in [0.15, 0.2) is 76.0 Å². The molecule has 10 heteroatoms. The molecule has 1 heterocycles. The van der Waals surface area contributed by atoms with Gasteiger partial charge in [0, 0.05) is 18.2 Å². The molecule has 0 fully saturated rings. The molecule has 0 saturated carbocycles. The molecule has 0 aliphatic carbocycles. The molecule has 2 aromatic carbocycles. The molecule has 28 heavy (non-hydrogen) atoms. The van der Waals surface area contributed by atoms with Crippen molar-refractivity contribution in [3.8, 4) is 0 Å². The summed E-state index contributed by atoms with van der Waals surface area (Å²) < 4.78 is 25.1. The predicted octanol–water partition coefficient (Wildman–Crippen LogP) is 3.54. The van der Waals surface area contributed by atoms with E-state index in [4.69, 9.17) is 0 Å². The van der Waals surface area contributed by atoms with Crippen LogP contribution in [0.5, 0.6) is 0 Å². The van der Waals surface area contributed by atoms with E-state index >= 15 is 0 Å². The summed E-state index contributed by atoms with van der Waals surface area (Å²) in [5, 5.41) is 13.3. The van der Waals surface area contributed by atoms with Crippen molar-refractivity contribution < 1.29 is 18.1 Å². The summed E-state index contributed by atoms with van der Waals surface area (Å²) in [6, 6.07) is 13.8. The number of nitro groups is 1. The molecule has 1 amide bonds. The average molecular weight is 415 g/mol. The third-order valence-electron chi connectivity index (χ3n) is 3.56. The first kappa shape index (κ1) is 19.4. The summed E-state index contributed by atoms with van der Waals surface area (Å²) in [7, 11) is -3.89. The lowest BCUT2D eigenvalue weighted by molar-refractivity contribution is -0.384. The van der Waals surface area contributed by atoms with Crippen LogP contribution in [-0.2, 0) is 14.6 Å². The van der Waals surface area contributed by atoms with Gasteiger partial charge in [0.1, 0.15) is 4.21 Å². The fraction of sp³-hybridized carbons (Fsp3) is 0. The van der Waals surface area contributed by atoms with Crippen LogP contribution in [0.4, 0.5) is 10.8 Å². The highest BCUT2D eigenvalue weighted by molar-refractivity contribution is 7.93. The van der Waals surface area contributed by atoms with Crippen LogP contribution in [-0.4, -0.2) is 24.2 Å². The second-order valence-corrected chi connectivity index (χ2v) is 8.68. The molecule has 0 spiro atoms. The Morgan fingerprint density at radius 2 is 1.79 bits per heavy atom. The van der Waals surface area contributed by atoms with E-state index in [2.05, 4.69) is 10.3 Å². The van der Waals surface area contributed by atoms with Crippen molar-refractivity contribution in [1.82, 2.24) is 4.98 Å². The van der Waals surface area contributed by atoms with Gasteiger partial charge in [-0.2, -0.15) is 0 Å². The van der Waals surface area contributed by atoms with Crippen molar-refractivity contribution in [2.24, 2.45) is 0 Å². The van der Waals surface area contributed by atoms with E-state index in [1.54, 1.807) is 6.08 Å². The maximum absolute atomic E-state index is 12.6. The minimum absolute atomic E-state index is 0.0799. The lowest BCUT2D eigenvalue weighted by Crippen LogP contribution is -2.07. The van der Waals surface area contributed by atoms with Gasteiger partial charge in [-0.15, -0.1) is 0 Å². The van der Waals surface area contributed by atoms with E-state index in [0.29, 0.717) is 0 Å². The smallest absolute Gasteiger partial charge is 0.269 e. The van der Waals surface area contributed by atoms with Gasteiger partial charge in [0.05, 0.1) is 16.0 Å². The van der Waals surface area contributed by atoms with Crippen LogP contribution in [0.1, 0.15) is 5.56 Å². The highest BCUT2D eigenvalue weighted by atomic mass is 32.2. The third-order valence-corrected chi connectivity index (χ3v) is 6.71. The zero-order valence-electron chi connectivity index (χ0n) is 14.2. The molecule has 3 aromatic rings. The number of hydrogen-bond acceptors (Lipinski definition) is 7. The fourth-order valence-electron chi connectivity index (χ4n) is 2.19. The van der Waals surface area contributed by atoms with Gasteiger partial charge in [0.2, 0.25) is 15.7 Å². The number of benzene rings is 2. The Labute approximate surface area is 164 Å². The first-order chi connectivity index (χ1) is 13.4. The minimum Gasteiger partial charge on any atom is -0.298 e. The number of carbonyl (C=O) groups is 1. The number of hydrogen-bond donors (Lipinski definition) is 1. The standard InChI is InChI=1S/C18H13N3O5S2/c22-16(11-6-13-4-2-1-3-5-13)20-18-19-12-17(27-18)28(25,26)15-9-7-14(8-10-15)21(23)24/h1-12H,(H,19,20,22)/b11-6-. The number of sulfone groups is 1. The van der Waals surface area contributed by atoms with Crippen LogP contribution in [0.3, 0.4) is 0 Å². The number of thiazole rings is 1. The molecule has 1 N–H and O–H groups in total. The highest BCUT2D eigenvalue weighted by Crippen LogP contribution is 2.29. The van der Waals surface area contributed by atoms with Gasteiger partial charge in [-0.05, 0) is 23.8 Å². The van der Waals surface area contributed by atoms with Gasteiger partial charge in [-0.3, -0.25) is 20.2 Å². The Hall–Kier alpha value is -3.37. The van der Waals surface area contributed by atoms with Crippen LogP contribution in [0, 0.1) is 10.1 Å². The minimum atomic E-state index is -3.89. The third kappa shape index (κ3) is 4.48. The zero-order valence-corrected chi connectivity index (χ0v) is 15.8. The van der Waals surface area contributed by atoms with Crippen LogP contribution in [0.25, 0.3) is 6.08 Å². The Morgan fingerprint density at radius 3 is 2.43 bits per heavy atom. The number of nitro benzene ring substituents is 1. The summed E-state index contributed by atoms with van der Waals surface area (Å²) in [6.45, 7) is 0. The predicted molar refractivity (Wildman–Crippen MR) is 105 cm³/mol. The molecular formula is C18H13N3O5S2. The first-order valence-electron chi connectivity index (χ1n) is 7.86. The first-order valence-corrected chi connectivity index (χ1v) is 10.2. The van der Waals surface area contributed by atoms with Gasteiger partial charge in [-0.1, -0.05) is 41.7 Å². The van der Waals surface area contributed by atoms with Gasteiger partial charge in [0.15, 0.2) is 5.13 Å². The van der Waals surface area contributed by atoms with Gasteiger partial charge in [-0.25, -0.2) is 13.4 Å². The number of amides is 1. The van der Waals surface area contributed by atoms with E-state index in [1.807, 2.05) is 30.3 Å². The normalized spacial score (nSPS) is 11.4. The van der Waals surface area contributed by atoms with Crippen molar-refractivity contribution in [2.75, 3.05) is 5.32 Å². The molecular weight excluding hydrogens is 402 g/mol. The Morgan fingerprint density at radius 1 is 1.11 bits per heavy atom. The summed E-state index contributed by atoms with van der Waals surface area (Å²) in [4.78, 5) is 25.9. The molecule has 8 nitrogen and oxygen atoms in total. The van der Waals surface area contributed by atoms with Crippen molar-refractivity contribution in [3.05, 3.63) is 82.5 Å². The monoisotopic (exact) mass is 415 g/mol. The van der Waals surface area contributed by atoms with Gasteiger partial charge in [0.25, 0.3) is 5.69 Å². The molecule has 1 aromatic heterocycles. The largest absolute Gasteiger partial charge is 0.298 e. The number of carbonyl (C=O) groups excluding carboxylic acids is 1. The molecule has 3 rings (SSSR count). The van der Waals surface area contributed by atoms with E-state index in [1.165, 1.54) is 6.08 Å². The Balaban J connectivity index is 1.73. The molecule has 0 saturated heterocycles. The lowest BCUT2D eigenvalue weighted by atomic mass is 10.2. The van der Waals surface area contributed by atoms with Crippen LogP contribution in [0.2, 0.25) is 0 Å². The van der Waals surface area contributed by atoms with E-state index in [0.717, 1.165) is 47.4 Å². The average Bonchev–Trinajstić information content (AvgIpc) is 3.16. The summed E-state index contributed by atoms with van der Waals surface area (Å²) in [5.74, 6) is -0.447. The number of aromatic nitrogens is 1. The maximum atomic E-state index is 12.6. The number of nitrogens with zero attached hydrogens (tertiary/aromatic N) is 2. The van der Waals surface area contributed by atoms with Crippen molar-refractivity contribution in [3.63, 3.8) is 0 Å². The van der Waals surface area contributed by atoms with Crippen LogP contribution >= 0.6 is 11.3 Å². The molecule has 0 aliphatic heterocycles. The highest BCUT2D eigenvalue weighted by Gasteiger charge is 2.22. The second kappa shape index (κ2) is 8.11. The lowest BCUT2D eigenvalue weighted by Gasteiger charge is -2.00. The van der Waals surface area contributed by atoms with Crippen molar-refractivity contribution in [1.29, 1.82) is 0 Å². The molecule has 0 aliphatic rings. The number of non-ortho nitro benzene ring substituents is 1. The zero-order chi connectivity index (χ0) is 20.1. The van der Waals surface area contributed by atoms with E-state index < -0.39 is 20.7 Å². The summed E-state index contributed by atoms with van der Waals surface area (Å²) in [6.07, 6.45) is 4.08. The maximum Gasteiger partial charge on any atom is 0.269 e. The summed E-state index contributed by atoms with van der Waals surface area (Å²) >= 11 is 0.796. The summed E-state index contributed by atoms with van der Waals surface area (Å²) in [5.41, 5.74) is 0.639. The quantitative estimate of drug-likeness (QED) is 0.374. The Bertz CT molecular complexity index is 1140. The topological polar surface area (TPSA) is 119 Å². The van der Waals surface area contributed by atoms with E-state index in [-0.39, 0.29) is 19.9 Å². The SMILES string of the molecule is O=C(/C=C\c1ccccc1)Nc1ncc(S(=O)(=O)c2ccc([N+](=O)[O-])cc2)s1. The number of nitrogens with one attached hydrogen (secondary N) is 1. The number of anilines is 1. The number of rotatable bonds is 6. The van der Waals surface area contributed by atoms with Gasteiger partial charge < -0.3 is 0 Å². The van der Waals surface area contributed by atoms with Crippen molar-refractivity contribution in [2.45, 2.75) is 9.10 Å². The molecule has 0 radical (unpaired) electrons.